The molecule has 120 valence electrons. The Bertz CT molecular complexity index is 680. The van der Waals surface area contributed by atoms with Crippen molar-refractivity contribution in [2.45, 2.75) is 38.6 Å². The second kappa shape index (κ2) is 7.18. The fourth-order valence-electron chi connectivity index (χ4n) is 3.35. The molecule has 0 aromatic heterocycles. The van der Waals surface area contributed by atoms with Crippen molar-refractivity contribution in [2.24, 2.45) is 5.92 Å². The lowest BCUT2D eigenvalue weighted by atomic mass is 9.80. The Morgan fingerprint density at radius 3 is 2.52 bits per heavy atom. The second-order valence-corrected chi connectivity index (χ2v) is 6.74. The van der Waals surface area contributed by atoms with Crippen molar-refractivity contribution < 1.29 is 4.79 Å². The zero-order chi connectivity index (χ0) is 16.2. The maximum absolute atomic E-state index is 12.5. The van der Waals surface area contributed by atoms with Crippen LogP contribution in [0.1, 0.15) is 42.9 Å². The van der Waals surface area contributed by atoms with Crippen molar-refractivity contribution in [3.05, 3.63) is 64.7 Å². The quantitative estimate of drug-likeness (QED) is 0.796. The Hall–Kier alpha value is -1.80. The number of benzene rings is 2. The van der Waals surface area contributed by atoms with Crippen LogP contribution in [0.4, 0.5) is 5.69 Å². The Labute approximate surface area is 142 Å². The van der Waals surface area contributed by atoms with Gasteiger partial charge in [0.05, 0.1) is 6.04 Å². The van der Waals surface area contributed by atoms with Gasteiger partial charge in [-0.15, -0.1) is 0 Å². The Morgan fingerprint density at radius 1 is 1.09 bits per heavy atom. The van der Waals surface area contributed by atoms with E-state index in [1.54, 1.807) is 0 Å². The third kappa shape index (κ3) is 3.76. The number of carbonyl (C=O) groups is 1. The average molecular weight is 328 g/mol. The second-order valence-electron chi connectivity index (χ2n) is 6.31. The van der Waals surface area contributed by atoms with Crippen LogP contribution in [0.3, 0.4) is 0 Å². The van der Waals surface area contributed by atoms with Crippen molar-refractivity contribution in [1.82, 2.24) is 0 Å². The number of nitrogens with one attached hydrogen (secondary N) is 1. The number of ketones is 1. The van der Waals surface area contributed by atoms with Crippen molar-refractivity contribution in [1.29, 1.82) is 0 Å². The topological polar surface area (TPSA) is 29.1 Å². The van der Waals surface area contributed by atoms with E-state index in [-0.39, 0.29) is 12.0 Å². The summed E-state index contributed by atoms with van der Waals surface area (Å²) < 4.78 is 0. The Morgan fingerprint density at radius 2 is 1.83 bits per heavy atom. The molecule has 2 aromatic rings. The molecule has 1 fully saturated rings. The van der Waals surface area contributed by atoms with Crippen molar-refractivity contribution >= 4 is 23.1 Å². The average Bonchev–Trinajstić information content (AvgIpc) is 2.56. The highest BCUT2D eigenvalue weighted by atomic mass is 35.5. The molecule has 23 heavy (non-hydrogen) atoms. The molecule has 1 saturated carbocycles. The summed E-state index contributed by atoms with van der Waals surface area (Å²) in [7, 11) is 0. The van der Waals surface area contributed by atoms with Gasteiger partial charge in [-0.2, -0.15) is 0 Å². The smallest absolute Gasteiger partial charge is 0.138 e. The number of anilines is 1. The number of hydrogen-bond acceptors (Lipinski definition) is 2. The van der Waals surface area contributed by atoms with Gasteiger partial charge in [0.25, 0.3) is 0 Å². The highest BCUT2D eigenvalue weighted by molar-refractivity contribution is 6.30. The van der Waals surface area contributed by atoms with E-state index >= 15 is 0 Å². The van der Waals surface area contributed by atoms with Crippen LogP contribution in [-0.4, -0.2) is 5.78 Å². The standard InChI is InChI=1S/C20H22ClNO/c1-14-6-2-4-8-18(14)22-20(15-10-12-16(21)13-11-15)17-7-3-5-9-19(17)23/h2,4,6,8,10-13,17,20,22H,3,5,7,9H2,1H3. The van der Waals surface area contributed by atoms with E-state index in [0.29, 0.717) is 12.2 Å². The zero-order valence-corrected chi connectivity index (χ0v) is 14.1. The van der Waals surface area contributed by atoms with Crippen molar-refractivity contribution in [3.8, 4) is 0 Å². The van der Waals surface area contributed by atoms with Gasteiger partial charge in [-0.1, -0.05) is 48.4 Å². The van der Waals surface area contributed by atoms with Gasteiger partial charge in [0.2, 0.25) is 0 Å². The molecule has 1 N–H and O–H groups in total. The zero-order valence-electron chi connectivity index (χ0n) is 13.4. The van der Waals surface area contributed by atoms with Gasteiger partial charge in [0.1, 0.15) is 5.78 Å². The van der Waals surface area contributed by atoms with E-state index in [4.69, 9.17) is 11.6 Å². The van der Waals surface area contributed by atoms with Crippen LogP contribution < -0.4 is 5.32 Å². The molecule has 2 aromatic carbocycles. The minimum absolute atomic E-state index is 0.00108. The molecule has 2 unspecified atom stereocenters. The van der Waals surface area contributed by atoms with E-state index in [1.165, 1.54) is 5.56 Å². The van der Waals surface area contributed by atoms with Gasteiger partial charge in [0.15, 0.2) is 0 Å². The molecule has 3 heteroatoms. The maximum atomic E-state index is 12.5. The van der Waals surface area contributed by atoms with Crippen LogP contribution in [0, 0.1) is 12.8 Å². The number of rotatable bonds is 4. The SMILES string of the molecule is Cc1ccccc1NC(c1ccc(Cl)cc1)C1CCCCC1=O. The van der Waals surface area contributed by atoms with Crippen LogP contribution in [0.2, 0.25) is 5.02 Å². The van der Waals surface area contributed by atoms with Crippen LogP contribution in [0.25, 0.3) is 0 Å². The predicted molar refractivity (Wildman–Crippen MR) is 96.0 cm³/mol. The molecular formula is C20H22ClNO. The molecule has 0 radical (unpaired) electrons. The van der Waals surface area contributed by atoms with Crippen LogP contribution in [0.5, 0.6) is 0 Å². The maximum Gasteiger partial charge on any atom is 0.138 e. The minimum Gasteiger partial charge on any atom is -0.377 e. The minimum atomic E-state index is 0.00108. The molecule has 0 amide bonds. The number of halogens is 1. The highest BCUT2D eigenvalue weighted by Crippen LogP contribution is 2.35. The van der Waals surface area contributed by atoms with E-state index in [2.05, 4.69) is 24.4 Å². The summed E-state index contributed by atoms with van der Waals surface area (Å²) >= 11 is 6.03. The molecular weight excluding hydrogens is 306 g/mol. The van der Waals surface area contributed by atoms with Crippen LogP contribution in [0.15, 0.2) is 48.5 Å². The monoisotopic (exact) mass is 327 g/mol. The molecule has 2 nitrogen and oxygen atoms in total. The lowest BCUT2D eigenvalue weighted by Gasteiger charge is -2.31. The number of aryl methyl sites for hydroxylation is 1. The summed E-state index contributed by atoms with van der Waals surface area (Å²) in [5.74, 6) is 0.404. The summed E-state index contributed by atoms with van der Waals surface area (Å²) in [6, 6.07) is 16.1. The number of carbonyl (C=O) groups excluding carboxylic acids is 1. The lowest BCUT2D eigenvalue weighted by molar-refractivity contribution is -0.125. The predicted octanol–water partition coefficient (Wildman–Crippen LogP) is 5.56. The number of Topliss-reactive ketones (excluding diaryl/α,β-unsaturated/α-hetero) is 1. The Kier molecular flexibility index (Phi) is 5.02. The third-order valence-electron chi connectivity index (χ3n) is 4.69. The summed E-state index contributed by atoms with van der Waals surface area (Å²) in [5, 5.41) is 4.34. The van der Waals surface area contributed by atoms with E-state index < -0.39 is 0 Å². The molecule has 0 saturated heterocycles. The normalized spacial score (nSPS) is 19.4. The Balaban J connectivity index is 1.94. The van der Waals surface area contributed by atoms with Gasteiger partial charge >= 0.3 is 0 Å². The molecule has 0 heterocycles. The largest absolute Gasteiger partial charge is 0.377 e. The number of para-hydroxylation sites is 1. The summed E-state index contributed by atoms with van der Waals surface area (Å²) in [6.45, 7) is 2.09. The first kappa shape index (κ1) is 16.1. The molecule has 3 rings (SSSR count). The van der Waals surface area contributed by atoms with Gasteiger partial charge in [0, 0.05) is 23.0 Å². The van der Waals surface area contributed by atoms with Crippen molar-refractivity contribution in [2.75, 3.05) is 5.32 Å². The van der Waals surface area contributed by atoms with Gasteiger partial charge in [-0.25, -0.2) is 0 Å². The molecule has 1 aliphatic carbocycles. The molecule has 0 spiro atoms. The fourth-order valence-corrected chi connectivity index (χ4v) is 3.48. The van der Waals surface area contributed by atoms with Gasteiger partial charge < -0.3 is 5.32 Å². The first-order valence-electron chi connectivity index (χ1n) is 8.25. The molecule has 0 bridgehead atoms. The van der Waals surface area contributed by atoms with Gasteiger partial charge in [-0.05, 0) is 49.1 Å². The molecule has 0 aliphatic heterocycles. The summed E-state index contributed by atoms with van der Waals surface area (Å²) in [4.78, 5) is 12.5. The highest BCUT2D eigenvalue weighted by Gasteiger charge is 2.31. The summed E-state index contributed by atoms with van der Waals surface area (Å²) in [5.41, 5.74) is 3.40. The first-order chi connectivity index (χ1) is 11.1. The van der Waals surface area contributed by atoms with E-state index in [0.717, 1.165) is 35.5 Å². The van der Waals surface area contributed by atoms with E-state index in [1.807, 2.05) is 36.4 Å². The molecule has 2 atom stereocenters. The summed E-state index contributed by atoms with van der Waals surface area (Å²) in [6.07, 6.45) is 3.79. The lowest BCUT2D eigenvalue weighted by Crippen LogP contribution is -2.30. The first-order valence-corrected chi connectivity index (χ1v) is 8.63. The van der Waals surface area contributed by atoms with Gasteiger partial charge in [-0.3, -0.25) is 4.79 Å². The third-order valence-corrected chi connectivity index (χ3v) is 4.94. The fraction of sp³-hybridized carbons (Fsp3) is 0.350. The number of hydrogen-bond donors (Lipinski definition) is 1. The van der Waals surface area contributed by atoms with Crippen LogP contribution >= 0.6 is 11.6 Å². The van der Waals surface area contributed by atoms with Crippen LogP contribution in [-0.2, 0) is 4.79 Å². The van der Waals surface area contributed by atoms with Crippen molar-refractivity contribution in [3.63, 3.8) is 0 Å². The van der Waals surface area contributed by atoms with E-state index in [9.17, 15) is 4.79 Å². The molecule has 1 aliphatic rings.